The lowest BCUT2D eigenvalue weighted by atomic mass is 10.2. The Morgan fingerprint density at radius 1 is 1.14 bits per heavy atom. The lowest BCUT2D eigenvalue weighted by molar-refractivity contribution is 0.0950. The van der Waals surface area contributed by atoms with Crippen molar-refractivity contribution >= 4 is 39.9 Å². The van der Waals surface area contributed by atoms with Crippen molar-refractivity contribution in [3.8, 4) is 0 Å². The van der Waals surface area contributed by atoms with Gasteiger partial charge in [0, 0.05) is 17.6 Å². The van der Waals surface area contributed by atoms with Gasteiger partial charge >= 0.3 is 0 Å². The second-order valence-electron chi connectivity index (χ2n) is 6.10. The van der Waals surface area contributed by atoms with Crippen LogP contribution < -0.4 is 5.32 Å². The first-order valence-corrected chi connectivity index (χ1v) is 11.0. The van der Waals surface area contributed by atoms with Crippen molar-refractivity contribution in [3.05, 3.63) is 81.9 Å². The molecule has 3 aromatic rings. The van der Waals surface area contributed by atoms with Crippen LogP contribution in [0, 0.1) is 6.92 Å². The molecular formula is C21H19N3O3S2. The number of thiazole rings is 1. The first-order valence-electron chi connectivity index (χ1n) is 8.69. The van der Waals surface area contributed by atoms with Crippen molar-refractivity contribution in [2.45, 2.75) is 23.3 Å². The summed E-state index contributed by atoms with van der Waals surface area (Å²) in [6.07, 6.45) is 3.22. The lowest BCUT2D eigenvalue weighted by Gasteiger charge is -2.07. The summed E-state index contributed by atoms with van der Waals surface area (Å²) in [5.41, 5.74) is 1.47. The maximum atomic E-state index is 12.6. The van der Waals surface area contributed by atoms with Crippen LogP contribution in [0.1, 0.15) is 25.9 Å². The Morgan fingerprint density at radius 3 is 2.45 bits per heavy atom. The Labute approximate surface area is 173 Å². The van der Waals surface area contributed by atoms with Gasteiger partial charge in [-0.05, 0) is 49.5 Å². The molecular weight excluding hydrogens is 406 g/mol. The van der Waals surface area contributed by atoms with Gasteiger partial charge in [0.15, 0.2) is 5.01 Å². The predicted molar refractivity (Wildman–Crippen MR) is 115 cm³/mol. The van der Waals surface area contributed by atoms with E-state index in [1.54, 1.807) is 60.7 Å². The molecule has 6 nitrogen and oxygen atoms in total. The van der Waals surface area contributed by atoms with Crippen LogP contribution in [0.4, 0.5) is 0 Å². The molecule has 0 radical (unpaired) electrons. The van der Waals surface area contributed by atoms with Crippen LogP contribution in [-0.2, 0) is 16.4 Å². The number of aromatic nitrogens is 1. The molecule has 29 heavy (non-hydrogen) atoms. The van der Waals surface area contributed by atoms with Crippen LogP contribution in [-0.4, -0.2) is 26.0 Å². The number of aliphatic imine (C=N–C) groups is 1. The Bertz CT molecular complexity index is 1150. The average Bonchev–Trinajstić information content (AvgIpc) is 3.12. The first kappa shape index (κ1) is 20.6. The van der Waals surface area contributed by atoms with Crippen LogP contribution >= 0.6 is 11.3 Å². The van der Waals surface area contributed by atoms with Gasteiger partial charge in [0.25, 0.3) is 5.91 Å². The molecule has 1 N–H and O–H groups in total. The second-order valence-corrected chi connectivity index (χ2v) is 9.25. The monoisotopic (exact) mass is 425 g/mol. The molecule has 0 unspecified atom stereocenters. The Morgan fingerprint density at radius 2 is 1.79 bits per heavy atom. The maximum absolute atomic E-state index is 12.6. The minimum atomic E-state index is -3.55. The summed E-state index contributed by atoms with van der Waals surface area (Å²) in [5.74, 6) is -0.287. The summed E-state index contributed by atoms with van der Waals surface area (Å²) in [7, 11) is -3.55. The van der Waals surface area contributed by atoms with Gasteiger partial charge in [-0.2, -0.15) is 0 Å². The van der Waals surface area contributed by atoms with Crippen LogP contribution in [0.25, 0.3) is 6.08 Å². The summed E-state index contributed by atoms with van der Waals surface area (Å²) in [6.45, 7) is 5.52. The molecule has 1 aromatic heterocycles. The number of carbonyl (C=O) groups is 1. The fraction of sp³-hybridized carbons (Fsp3) is 0.0952. The van der Waals surface area contributed by atoms with E-state index in [0.717, 1.165) is 10.4 Å². The van der Waals surface area contributed by atoms with E-state index in [0.29, 0.717) is 10.7 Å². The normalized spacial score (nSPS) is 11.5. The molecule has 1 heterocycles. The number of carbonyl (C=O) groups excluding carboxylic acids is 1. The number of rotatable bonds is 7. The van der Waals surface area contributed by atoms with Crippen LogP contribution in [0.5, 0.6) is 0 Å². The van der Waals surface area contributed by atoms with Crippen LogP contribution in [0.15, 0.2) is 75.6 Å². The number of aryl methyl sites for hydroxylation is 1. The van der Waals surface area contributed by atoms with Gasteiger partial charge in [-0.1, -0.05) is 30.3 Å². The van der Waals surface area contributed by atoms with Gasteiger partial charge in [0.2, 0.25) is 9.84 Å². The molecule has 148 valence electrons. The van der Waals surface area contributed by atoms with Crippen LogP contribution in [0.3, 0.4) is 0 Å². The zero-order chi connectivity index (χ0) is 20.9. The minimum Gasteiger partial charge on any atom is -0.346 e. The Balaban J connectivity index is 1.67. The van der Waals surface area contributed by atoms with Crippen LogP contribution in [0.2, 0.25) is 0 Å². The number of sulfone groups is 1. The van der Waals surface area contributed by atoms with E-state index in [1.807, 2.05) is 6.92 Å². The van der Waals surface area contributed by atoms with Crippen molar-refractivity contribution in [1.29, 1.82) is 0 Å². The van der Waals surface area contributed by atoms with Crippen molar-refractivity contribution < 1.29 is 13.2 Å². The quantitative estimate of drug-likeness (QED) is 0.582. The fourth-order valence-corrected chi connectivity index (χ4v) is 4.66. The number of nitrogens with one attached hydrogen (secondary N) is 1. The van der Waals surface area contributed by atoms with Crippen molar-refractivity contribution in [3.63, 3.8) is 0 Å². The standard InChI is InChI=1S/C21H19N3O3S2/c1-15-19(12-13-22-2)24-21(28-15)20(25)23-14-16-8-10-18(11-9-16)29(26,27)17-6-4-3-5-7-17/h3-13H,2,14H2,1H3,(H,23,25)/b13-12-. The van der Waals surface area contributed by atoms with E-state index in [2.05, 4.69) is 22.0 Å². The van der Waals surface area contributed by atoms with Gasteiger partial charge in [0.1, 0.15) is 0 Å². The Kier molecular flexibility index (Phi) is 6.36. The van der Waals surface area contributed by atoms with Gasteiger partial charge in [-0.3, -0.25) is 9.79 Å². The largest absolute Gasteiger partial charge is 0.346 e. The highest BCUT2D eigenvalue weighted by atomic mass is 32.2. The molecule has 0 atom stereocenters. The average molecular weight is 426 g/mol. The molecule has 3 rings (SSSR count). The zero-order valence-electron chi connectivity index (χ0n) is 15.7. The first-order chi connectivity index (χ1) is 13.9. The molecule has 0 fully saturated rings. The molecule has 0 aliphatic rings. The van der Waals surface area contributed by atoms with E-state index in [4.69, 9.17) is 0 Å². The van der Waals surface area contributed by atoms with Crippen molar-refractivity contribution in [1.82, 2.24) is 10.3 Å². The molecule has 0 bridgehead atoms. The molecule has 1 amide bonds. The predicted octanol–water partition coefficient (Wildman–Crippen LogP) is 3.89. The molecule has 0 spiro atoms. The maximum Gasteiger partial charge on any atom is 0.280 e. The molecule has 2 aromatic carbocycles. The Hall–Kier alpha value is -3.10. The molecule has 0 saturated carbocycles. The SMILES string of the molecule is C=N/C=C\c1nc(C(=O)NCc2ccc(S(=O)(=O)c3ccccc3)cc2)sc1C. The highest BCUT2D eigenvalue weighted by molar-refractivity contribution is 7.91. The smallest absolute Gasteiger partial charge is 0.280 e. The minimum absolute atomic E-state index is 0.210. The summed E-state index contributed by atoms with van der Waals surface area (Å²) in [6, 6.07) is 14.7. The summed E-state index contributed by atoms with van der Waals surface area (Å²) >= 11 is 1.30. The molecule has 0 saturated heterocycles. The lowest BCUT2D eigenvalue weighted by Crippen LogP contribution is -2.22. The third-order valence-corrected chi connectivity index (χ3v) is 6.88. The molecule has 8 heteroatoms. The number of hydrogen-bond donors (Lipinski definition) is 1. The highest BCUT2D eigenvalue weighted by Gasteiger charge is 2.17. The third-order valence-electron chi connectivity index (χ3n) is 4.10. The zero-order valence-corrected chi connectivity index (χ0v) is 17.3. The van der Waals surface area contributed by atoms with Gasteiger partial charge in [-0.15, -0.1) is 11.3 Å². The van der Waals surface area contributed by atoms with E-state index in [9.17, 15) is 13.2 Å². The number of benzene rings is 2. The fourth-order valence-electron chi connectivity index (χ4n) is 2.56. The number of hydrogen-bond acceptors (Lipinski definition) is 6. The highest BCUT2D eigenvalue weighted by Crippen LogP contribution is 2.21. The van der Waals surface area contributed by atoms with E-state index in [-0.39, 0.29) is 22.2 Å². The van der Waals surface area contributed by atoms with E-state index in [1.165, 1.54) is 17.5 Å². The molecule has 0 aliphatic carbocycles. The second kappa shape index (κ2) is 8.93. The number of nitrogens with zero attached hydrogens (tertiary/aromatic N) is 2. The summed E-state index contributed by atoms with van der Waals surface area (Å²) in [4.78, 5) is 21.6. The van der Waals surface area contributed by atoms with Gasteiger partial charge in [0.05, 0.1) is 15.5 Å². The number of amides is 1. The summed E-state index contributed by atoms with van der Waals surface area (Å²) < 4.78 is 25.2. The summed E-state index contributed by atoms with van der Waals surface area (Å²) in [5, 5.41) is 3.16. The van der Waals surface area contributed by atoms with E-state index < -0.39 is 9.84 Å². The third kappa shape index (κ3) is 4.85. The van der Waals surface area contributed by atoms with Gasteiger partial charge in [-0.25, -0.2) is 13.4 Å². The molecule has 0 aliphatic heterocycles. The topological polar surface area (TPSA) is 88.5 Å². The van der Waals surface area contributed by atoms with Gasteiger partial charge < -0.3 is 5.32 Å². The van der Waals surface area contributed by atoms with Crippen molar-refractivity contribution in [2.24, 2.45) is 4.99 Å². The van der Waals surface area contributed by atoms with Crippen molar-refractivity contribution in [2.75, 3.05) is 0 Å². The van der Waals surface area contributed by atoms with E-state index >= 15 is 0 Å².